The molecule has 1 saturated heterocycles. The molecule has 0 aliphatic carbocycles. The lowest BCUT2D eigenvalue weighted by molar-refractivity contribution is 0.0876. The van der Waals surface area contributed by atoms with Gasteiger partial charge < -0.3 is 14.9 Å². The second-order valence-corrected chi connectivity index (χ2v) is 5.50. The van der Waals surface area contributed by atoms with Crippen LogP contribution in [0.2, 0.25) is 0 Å². The molecular weight excluding hydrogens is 258 g/mol. The van der Waals surface area contributed by atoms with Crippen LogP contribution in [0.15, 0.2) is 18.2 Å². The van der Waals surface area contributed by atoms with E-state index in [0.29, 0.717) is 18.2 Å². The summed E-state index contributed by atoms with van der Waals surface area (Å²) in [5.74, 6) is -0.373. The monoisotopic (exact) mass is 280 g/mol. The summed E-state index contributed by atoms with van der Waals surface area (Å²) in [7, 11) is 0.510. The standard InChI is InChI=1S/C14H22BFN2O2/c1-3-13-10-18(7-6-17(13)2)9-11-4-5-12(15(19)20)8-14(11)16/h4-5,8,13,19-20H,3,6-7,9-10H2,1-2H3. The molecule has 1 fully saturated rings. The van der Waals surface area contributed by atoms with E-state index in [1.54, 1.807) is 12.1 Å². The van der Waals surface area contributed by atoms with Gasteiger partial charge >= 0.3 is 7.12 Å². The molecule has 1 aliphatic rings. The van der Waals surface area contributed by atoms with Gasteiger partial charge in [-0.25, -0.2) is 4.39 Å². The van der Waals surface area contributed by atoms with Crippen LogP contribution in [0.3, 0.4) is 0 Å². The predicted octanol–water partition coefficient (Wildman–Crippen LogP) is 0.0315. The fourth-order valence-corrected chi connectivity index (χ4v) is 2.69. The zero-order valence-corrected chi connectivity index (χ0v) is 12.1. The van der Waals surface area contributed by atoms with E-state index in [4.69, 9.17) is 10.0 Å². The number of likely N-dealkylation sites (N-methyl/N-ethyl adjacent to an activating group) is 1. The summed E-state index contributed by atoms with van der Waals surface area (Å²) < 4.78 is 14.0. The van der Waals surface area contributed by atoms with Crippen LogP contribution in [0.1, 0.15) is 18.9 Å². The topological polar surface area (TPSA) is 46.9 Å². The van der Waals surface area contributed by atoms with Crippen molar-refractivity contribution in [3.05, 3.63) is 29.6 Å². The average molecular weight is 280 g/mol. The van der Waals surface area contributed by atoms with Crippen LogP contribution in [0.25, 0.3) is 0 Å². The van der Waals surface area contributed by atoms with E-state index in [2.05, 4.69) is 23.8 Å². The molecule has 1 unspecified atom stereocenters. The van der Waals surface area contributed by atoms with Gasteiger partial charge in [-0.3, -0.25) is 4.90 Å². The van der Waals surface area contributed by atoms with Gasteiger partial charge in [0.1, 0.15) is 5.82 Å². The summed E-state index contributed by atoms with van der Waals surface area (Å²) in [6, 6.07) is 4.93. The molecule has 0 spiro atoms. The first kappa shape index (κ1) is 15.4. The smallest absolute Gasteiger partial charge is 0.423 e. The first-order chi connectivity index (χ1) is 9.51. The van der Waals surface area contributed by atoms with Crippen molar-refractivity contribution in [2.24, 2.45) is 0 Å². The molecule has 2 rings (SSSR count). The number of hydrogen-bond donors (Lipinski definition) is 2. The zero-order chi connectivity index (χ0) is 14.7. The average Bonchev–Trinajstić information content (AvgIpc) is 2.42. The first-order valence-corrected chi connectivity index (χ1v) is 7.08. The molecule has 1 aromatic carbocycles. The van der Waals surface area contributed by atoms with Gasteiger partial charge in [0, 0.05) is 37.8 Å². The van der Waals surface area contributed by atoms with E-state index in [-0.39, 0.29) is 11.3 Å². The maximum Gasteiger partial charge on any atom is 0.488 e. The van der Waals surface area contributed by atoms with Gasteiger partial charge in [-0.2, -0.15) is 0 Å². The van der Waals surface area contributed by atoms with Gasteiger partial charge in [-0.15, -0.1) is 0 Å². The van der Waals surface area contributed by atoms with Gasteiger partial charge in [0.15, 0.2) is 0 Å². The lowest BCUT2D eigenvalue weighted by Crippen LogP contribution is -2.50. The quantitative estimate of drug-likeness (QED) is 0.764. The Morgan fingerprint density at radius 3 is 2.70 bits per heavy atom. The molecule has 6 heteroatoms. The molecule has 0 aromatic heterocycles. The summed E-state index contributed by atoms with van der Waals surface area (Å²) in [5.41, 5.74) is 0.796. The Morgan fingerprint density at radius 2 is 2.10 bits per heavy atom. The highest BCUT2D eigenvalue weighted by Gasteiger charge is 2.23. The van der Waals surface area contributed by atoms with Gasteiger partial charge in [-0.05, 0) is 25.0 Å². The lowest BCUT2D eigenvalue weighted by Gasteiger charge is -2.39. The van der Waals surface area contributed by atoms with Crippen molar-refractivity contribution in [2.45, 2.75) is 25.9 Å². The maximum atomic E-state index is 14.0. The van der Waals surface area contributed by atoms with E-state index in [1.807, 2.05) is 0 Å². The van der Waals surface area contributed by atoms with Crippen molar-refractivity contribution in [1.82, 2.24) is 9.80 Å². The van der Waals surface area contributed by atoms with E-state index < -0.39 is 7.12 Å². The Labute approximate surface area is 120 Å². The number of benzene rings is 1. The fourth-order valence-electron chi connectivity index (χ4n) is 2.69. The van der Waals surface area contributed by atoms with E-state index >= 15 is 0 Å². The molecule has 0 radical (unpaired) electrons. The summed E-state index contributed by atoms with van der Waals surface area (Å²) in [4.78, 5) is 4.60. The van der Waals surface area contributed by atoms with Crippen LogP contribution in [-0.4, -0.2) is 59.7 Å². The fraction of sp³-hybridized carbons (Fsp3) is 0.571. The minimum absolute atomic E-state index is 0.191. The second-order valence-electron chi connectivity index (χ2n) is 5.50. The number of piperazine rings is 1. The molecule has 110 valence electrons. The van der Waals surface area contributed by atoms with E-state index in [1.165, 1.54) is 6.07 Å². The highest BCUT2D eigenvalue weighted by molar-refractivity contribution is 6.58. The number of halogens is 1. The number of hydrogen-bond acceptors (Lipinski definition) is 4. The van der Waals surface area contributed by atoms with Crippen molar-refractivity contribution in [3.8, 4) is 0 Å². The van der Waals surface area contributed by atoms with Gasteiger partial charge in [0.25, 0.3) is 0 Å². The van der Waals surface area contributed by atoms with Crippen LogP contribution in [-0.2, 0) is 6.54 Å². The van der Waals surface area contributed by atoms with Gasteiger partial charge in [-0.1, -0.05) is 19.1 Å². The molecule has 1 aliphatic heterocycles. The molecule has 0 bridgehead atoms. The van der Waals surface area contributed by atoms with Crippen molar-refractivity contribution >= 4 is 12.6 Å². The van der Waals surface area contributed by atoms with E-state index in [0.717, 1.165) is 26.1 Å². The summed E-state index contributed by atoms with van der Waals surface area (Å²) in [5, 5.41) is 18.1. The Bertz CT molecular complexity index is 459. The van der Waals surface area contributed by atoms with Crippen LogP contribution in [0.4, 0.5) is 4.39 Å². The third-order valence-electron chi connectivity index (χ3n) is 4.10. The molecule has 1 heterocycles. The first-order valence-electron chi connectivity index (χ1n) is 7.08. The summed E-state index contributed by atoms with van der Waals surface area (Å²) >= 11 is 0. The largest absolute Gasteiger partial charge is 0.488 e. The van der Waals surface area contributed by atoms with Crippen molar-refractivity contribution in [3.63, 3.8) is 0 Å². The molecule has 20 heavy (non-hydrogen) atoms. The van der Waals surface area contributed by atoms with Gasteiger partial charge in [0.2, 0.25) is 0 Å². The molecule has 1 aromatic rings. The molecule has 0 amide bonds. The predicted molar refractivity (Wildman–Crippen MR) is 78.2 cm³/mol. The molecule has 1 atom stereocenters. The Balaban J connectivity index is 2.03. The van der Waals surface area contributed by atoms with Crippen LogP contribution < -0.4 is 5.46 Å². The third-order valence-corrected chi connectivity index (χ3v) is 4.10. The van der Waals surface area contributed by atoms with Crippen molar-refractivity contribution < 1.29 is 14.4 Å². The minimum atomic E-state index is -1.62. The number of rotatable bonds is 4. The van der Waals surface area contributed by atoms with E-state index in [9.17, 15) is 4.39 Å². The molecule has 0 saturated carbocycles. The maximum absolute atomic E-state index is 14.0. The highest BCUT2D eigenvalue weighted by atomic mass is 19.1. The highest BCUT2D eigenvalue weighted by Crippen LogP contribution is 2.15. The minimum Gasteiger partial charge on any atom is -0.423 e. The summed E-state index contributed by atoms with van der Waals surface area (Å²) in [6.07, 6.45) is 1.09. The third kappa shape index (κ3) is 3.58. The summed E-state index contributed by atoms with van der Waals surface area (Å²) in [6.45, 7) is 5.60. The van der Waals surface area contributed by atoms with Crippen LogP contribution in [0, 0.1) is 5.82 Å². The Morgan fingerprint density at radius 1 is 1.35 bits per heavy atom. The molecule has 4 nitrogen and oxygen atoms in total. The van der Waals surface area contributed by atoms with Crippen molar-refractivity contribution in [2.75, 3.05) is 26.7 Å². The SMILES string of the molecule is CCC1CN(Cc2ccc(B(O)O)cc2F)CCN1C. The van der Waals surface area contributed by atoms with Crippen LogP contribution in [0.5, 0.6) is 0 Å². The van der Waals surface area contributed by atoms with Crippen molar-refractivity contribution in [1.29, 1.82) is 0 Å². The van der Waals surface area contributed by atoms with Crippen LogP contribution >= 0.6 is 0 Å². The lowest BCUT2D eigenvalue weighted by atomic mass is 9.80. The number of nitrogens with zero attached hydrogens (tertiary/aromatic N) is 2. The molecule has 2 N–H and O–H groups in total. The second kappa shape index (κ2) is 6.67. The Kier molecular flexibility index (Phi) is 5.15. The molecular formula is C14H22BFN2O2. The van der Waals surface area contributed by atoms with Gasteiger partial charge in [0.05, 0.1) is 0 Å². The Hall–Kier alpha value is -0.945. The normalized spacial score (nSPS) is 21.1. The zero-order valence-electron chi connectivity index (χ0n) is 12.1.